The van der Waals surface area contributed by atoms with Crippen molar-refractivity contribution in [1.29, 1.82) is 0 Å². The molecule has 1 heterocycles. The monoisotopic (exact) mass is 290 g/mol. The van der Waals surface area contributed by atoms with Crippen molar-refractivity contribution in [3.63, 3.8) is 0 Å². The Morgan fingerprint density at radius 3 is 2.95 bits per heavy atom. The molecule has 1 aromatic carbocycles. The van der Waals surface area contributed by atoms with Gasteiger partial charge in [-0.1, -0.05) is 32.0 Å². The molecule has 3 atom stereocenters. The highest BCUT2D eigenvalue weighted by atomic mass is 16.5. The molecular weight excluding hydrogens is 264 g/mol. The maximum absolute atomic E-state index is 12.3. The fourth-order valence-electron chi connectivity index (χ4n) is 2.91. The van der Waals surface area contributed by atoms with Gasteiger partial charge in [-0.2, -0.15) is 0 Å². The summed E-state index contributed by atoms with van der Waals surface area (Å²) in [6, 6.07) is 8.15. The molecule has 2 rings (SSSR count). The van der Waals surface area contributed by atoms with Gasteiger partial charge in [0.15, 0.2) is 0 Å². The minimum atomic E-state index is 0.119. The van der Waals surface area contributed by atoms with E-state index < -0.39 is 0 Å². The Morgan fingerprint density at radius 2 is 2.24 bits per heavy atom. The van der Waals surface area contributed by atoms with Gasteiger partial charge in [-0.15, -0.1) is 0 Å². The molecule has 2 N–H and O–H groups in total. The molecular formula is C17H26N2O2. The lowest BCUT2D eigenvalue weighted by atomic mass is 9.93. The van der Waals surface area contributed by atoms with Crippen LogP contribution in [0.15, 0.2) is 24.3 Å². The van der Waals surface area contributed by atoms with Crippen LogP contribution in [0, 0.1) is 5.92 Å². The zero-order valence-corrected chi connectivity index (χ0v) is 13.2. The zero-order valence-electron chi connectivity index (χ0n) is 13.2. The molecule has 4 nitrogen and oxygen atoms in total. The number of carbonyl (C=O) groups is 1. The minimum absolute atomic E-state index is 0.119. The van der Waals surface area contributed by atoms with Crippen molar-refractivity contribution in [2.24, 2.45) is 5.92 Å². The van der Waals surface area contributed by atoms with E-state index in [2.05, 4.69) is 24.5 Å². The van der Waals surface area contributed by atoms with E-state index in [1.165, 1.54) is 0 Å². The van der Waals surface area contributed by atoms with Crippen molar-refractivity contribution in [2.75, 3.05) is 20.2 Å². The van der Waals surface area contributed by atoms with Gasteiger partial charge in [0.1, 0.15) is 5.75 Å². The first kappa shape index (κ1) is 15.8. The van der Waals surface area contributed by atoms with Crippen LogP contribution in [0.4, 0.5) is 0 Å². The number of rotatable bonds is 5. The number of ether oxygens (including phenoxy) is 1. The van der Waals surface area contributed by atoms with Crippen LogP contribution in [0.25, 0.3) is 0 Å². The summed E-state index contributed by atoms with van der Waals surface area (Å²) < 4.78 is 5.37. The third-order valence-corrected chi connectivity index (χ3v) is 4.34. The van der Waals surface area contributed by atoms with Gasteiger partial charge in [0, 0.05) is 19.0 Å². The summed E-state index contributed by atoms with van der Waals surface area (Å²) in [4.78, 5) is 12.3. The van der Waals surface area contributed by atoms with Gasteiger partial charge in [-0.25, -0.2) is 0 Å². The minimum Gasteiger partial charge on any atom is -0.496 e. The number of hydrogen-bond acceptors (Lipinski definition) is 3. The van der Waals surface area contributed by atoms with Gasteiger partial charge in [0.2, 0.25) is 5.91 Å². The van der Waals surface area contributed by atoms with Crippen LogP contribution in [0.1, 0.15) is 38.2 Å². The van der Waals surface area contributed by atoms with Crippen molar-refractivity contribution >= 4 is 5.91 Å². The lowest BCUT2D eigenvalue weighted by Gasteiger charge is -2.30. The standard InChI is InChI=1S/C17H26N2O2/c1-12-8-9-18-11-15(12)19-17(20)10-13(2)14-6-4-5-7-16(14)21-3/h4-7,12-13,15,18H,8-11H2,1-3H3,(H,19,20). The number of hydrogen-bond donors (Lipinski definition) is 2. The third-order valence-electron chi connectivity index (χ3n) is 4.34. The van der Waals surface area contributed by atoms with Crippen molar-refractivity contribution in [3.8, 4) is 5.75 Å². The molecule has 1 aromatic rings. The lowest BCUT2D eigenvalue weighted by molar-refractivity contribution is -0.122. The van der Waals surface area contributed by atoms with Gasteiger partial charge >= 0.3 is 0 Å². The van der Waals surface area contributed by atoms with E-state index in [9.17, 15) is 4.79 Å². The quantitative estimate of drug-likeness (QED) is 0.875. The Kier molecular flexibility index (Phi) is 5.62. The second-order valence-electron chi connectivity index (χ2n) is 5.99. The normalized spacial score (nSPS) is 23.4. The topological polar surface area (TPSA) is 50.4 Å². The van der Waals surface area contributed by atoms with E-state index in [-0.39, 0.29) is 17.9 Å². The van der Waals surface area contributed by atoms with Gasteiger partial charge in [0.05, 0.1) is 7.11 Å². The summed E-state index contributed by atoms with van der Waals surface area (Å²) in [5, 5.41) is 6.50. The van der Waals surface area contributed by atoms with Crippen LogP contribution in [0.2, 0.25) is 0 Å². The molecule has 1 fully saturated rings. The second-order valence-corrected chi connectivity index (χ2v) is 5.99. The maximum Gasteiger partial charge on any atom is 0.220 e. The summed E-state index contributed by atoms with van der Waals surface area (Å²) >= 11 is 0. The summed E-state index contributed by atoms with van der Waals surface area (Å²) in [5.41, 5.74) is 1.09. The van der Waals surface area contributed by atoms with Crippen molar-refractivity contribution < 1.29 is 9.53 Å². The Balaban J connectivity index is 1.92. The number of benzene rings is 1. The van der Waals surface area contributed by atoms with E-state index in [1.807, 2.05) is 24.3 Å². The molecule has 21 heavy (non-hydrogen) atoms. The number of methoxy groups -OCH3 is 1. The molecule has 0 saturated carbocycles. The van der Waals surface area contributed by atoms with Crippen molar-refractivity contribution in [2.45, 2.75) is 38.6 Å². The summed E-state index contributed by atoms with van der Waals surface area (Å²) in [6.45, 7) is 6.19. The molecule has 0 aliphatic carbocycles. The van der Waals surface area contributed by atoms with E-state index in [4.69, 9.17) is 4.74 Å². The molecule has 0 aromatic heterocycles. The zero-order chi connectivity index (χ0) is 15.2. The van der Waals surface area contributed by atoms with Gasteiger partial charge in [0.25, 0.3) is 0 Å². The van der Waals surface area contributed by atoms with Crippen LogP contribution in [-0.2, 0) is 4.79 Å². The number of carbonyl (C=O) groups excluding carboxylic acids is 1. The van der Waals surface area contributed by atoms with Gasteiger partial charge < -0.3 is 15.4 Å². The average Bonchev–Trinajstić information content (AvgIpc) is 2.49. The van der Waals surface area contributed by atoms with E-state index in [1.54, 1.807) is 7.11 Å². The fourth-order valence-corrected chi connectivity index (χ4v) is 2.91. The molecule has 116 valence electrons. The van der Waals surface area contributed by atoms with E-state index in [0.717, 1.165) is 30.8 Å². The average molecular weight is 290 g/mol. The largest absolute Gasteiger partial charge is 0.496 e. The predicted molar refractivity (Wildman–Crippen MR) is 84.6 cm³/mol. The first-order valence-electron chi connectivity index (χ1n) is 7.74. The predicted octanol–water partition coefficient (Wildman–Crippen LogP) is 2.30. The molecule has 1 amide bonds. The SMILES string of the molecule is COc1ccccc1C(C)CC(=O)NC1CNCCC1C. The van der Waals surface area contributed by atoms with Gasteiger partial charge in [-0.05, 0) is 36.4 Å². The van der Waals surface area contributed by atoms with Crippen molar-refractivity contribution in [1.82, 2.24) is 10.6 Å². The number of para-hydroxylation sites is 1. The lowest BCUT2D eigenvalue weighted by Crippen LogP contribution is -2.50. The van der Waals surface area contributed by atoms with Gasteiger partial charge in [-0.3, -0.25) is 4.79 Å². The first-order valence-corrected chi connectivity index (χ1v) is 7.74. The summed E-state index contributed by atoms with van der Waals surface area (Å²) in [6.07, 6.45) is 1.61. The Bertz CT molecular complexity index is 476. The van der Waals surface area contributed by atoms with Crippen LogP contribution in [-0.4, -0.2) is 32.1 Å². The number of piperidine rings is 1. The molecule has 1 aliphatic rings. The highest BCUT2D eigenvalue weighted by molar-refractivity contribution is 5.77. The number of amides is 1. The number of nitrogens with one attached hydrogen (secondary N) is 2. The maximum atomic E-state index is 12.3. The van der Waals surface area contributed by atoms with Crippen LogP contribution >= 0.6 is 0 Å². The molecule has 0 bridgehead atoms. The Labute approximate surface area is 127 Å². The van der Waals surface area contributed by atoms with Crippen molar-refractivity contribution in [3.05, 3.63) is 29.8 Å². The smallest absolute Gasteiger partial charge is 0.220 e. The van der Waals surface area contributed by atoms with Crippen LogP contribution in [0.3, 0.4) is 0 Å². The second kappa shape index (κ2) is 7.46. The summed E-state index contributed by atoms with van der Waals surface area (Å²) in [7, 11) is 1.67. The molecule has 4 heteroatoms. The fraction of sp³-hybridized carbons (Fsp3) is 0.588. The van der Waals surface area contributed by atoms with Crippen LogP contribution < -0.4 is 15.4 Å². The van der Waals surface area contributed by atoms with E-state index in [0.29, 0.717) is 12.3 Å². The highest BCUT2D eigenvalue weighted by Crippen LogP contribution is 2.28. The molecule has 1 aliphatic heterocycles. The molecule has 3 unspecified atom stereocenters. The molecule has 1 saturated heterocycles. The van der Waals surface area contributed by atoms with E-state index >= 15 is 0 Å². The van der Waals surface area contributed by atoms with Crippen LogP contribution in [0.5, 0.6) is 5.75 Å². The summed E-state index contributed by atoms with van der Waals surface area (Å²) in [5.74, 6) is 1.66. The first-order chi connectivity index (χ1) is 10.1. The third kappa shape index (κ3) is 4.21. The molecule has 0 spiro atoms. The Hall–Kier alpha value is -1.55. The highest BCUT2D eigenvalue weighted by Gasteiger charge is 2.23. The Morgan fingerprint density at radius 1 is 1.48 bits per heavy atom. The molecule has 0 radical (unpaired) electrons.